The zero-order valence-corrected chi connectivity index (χ0v) is 9.53. The van der Waals surface area contributed by atoms with Gasteiger partial charge in [-0.1, -0.05) is 6.58 Å². The van der Waals surface area contributed by atoms with Crippen LogP contribution < -0.4 is 0 Å². The van der Waals surface area contributed by atoms with E-state index in [2.05, 4.69) is 11.3 Å². The van der Waals surface area contributed by atoms with Crippen molar-refractivity contribution in [3.63, 3.8) is 0 Å². The van der Waals surface area contributed by atoms with Gasteiger partial charge in [-0.05, 0) is 6.92 Å². The Bertz CT molecular complexity index is 242. The summed E-state index contributed by atoms with van der Waals surface area (Å²) in [6.07, 6.45) is 0.235. The van der Waals surface area contributed by atoms with E-state index in [-0.39, 0.29) is 13.0 Å². The highest BCUT2D eigenvalue weighted by molar-refractivity contribution is 5.86. The van der Waals surface area contributed by atoms with Crippen LogP contribution in [0.15, 0.2) is 12.2 Å². The van der Waals surface area contributed by atoms with Crippen molar-refractivity contribution in [3.8, 4) is 6.07 Å². The maximum Gasteiger partial charge on any atom is 0.333 e. The Kier molecular flexibility index (Phi) is 9.27. The van der Waals surface area contributed by atoms with E-state index in [1.165, 1.54) is 0 Å². The molecule has 5 heteroatoms. The number of carbonyl (C=O) groups is 1. The molecular weight excluding hydrogens is 210 g/mol. The van der Waals surface area contributed by atoms with Crippen molar-refractivity contribution in [1.29, 1.82) is 5.26 Å². The maximum absolute atomic E-state index is 10.6. The summed E-state index contributed by atoms with van der Waals surface area (Å²) in [5.74, 6) is -0.435. The lowest BCUT2D eigenvalue weighted by molar-refractivity contribution is -0.138. The summed E-state index contributed by atoms with van der Waals surface area (Å²) >= 11 is 0. The highest BCUT2D eigenvalue weighted by Crippen LogP contribution is 1.92. The number of hydrogen-bond donors (Lipinski definition) is 0. The van der Waals surface area contributed by atoms with Crippen LogP contribution in [0.1, 0.15) is 13.3 Å². The molecule has 1 rings (SSSR count). The lowest BCUT2D eigenvalue weighted by Gasteiger charge is -2.09. The largest absolute Gasteiger partial charge is 0.461 e. The SMILES string of the molecule is C1COCCO1.C=C(C)C(=O)OCCC#N. The Morgan fingerprint density at radius 3 is 2.19 bits per heavy atom. The second-order valence-electron chi connectivity index (χ2n) is 3.05. The van der Waals surface area contributed by atoms with Gasteiger partial charge in [0.2, 0.25) is 0 Å². The molecule has 0 amide bonds. The molecule has 1 saturated heterocycles. The van der Waals surface area contributed by atoms with Crippen molar-refractivity contribution < 1.29 is 19.0 Å². The second-order valence-corrected chi connectivity index (χ2v) is 3.05. The molecule has 0 radical (unpaired) electrons. The summed E-state index contributed by atoms with van der Waals surface area (Å²) in [6, 6.07) is 1.86. The number of carbonyl (C=O) groups excluding carboxylic acids is 1. The number of hydrogen-bond acceptors (Lipinski definition) is 5. The summed E-state index contributed by atoms with van der Waals surface area (Å²) in [5.41, 5.74) is 0.359. The quantitative estimate of drug-likeness (QED) is 0.409. The second kappa shape index (κ2) is 10.1. The molecule has 1 aliphatic heterocycles. The lowest BCUT2D eigenvalue weighted by atomic mass is 10.4. The fourth-order valence-electron chi connectivity index (χ4n) is 0.752. The zero-order chi connectivity index (χ0) is 12.2. The molecule has 0 aromatic rings. The van der Waals surface area contributed by atoms with Gasteiger partial charge >= 0.3 is 5.97 Å². The van der Waals surface area contributed by atoms with E-state index in [9.17, 15) is 4.79 Å². The molecule has 1 heterocycles. The van der Waals surface area contributed by atoms with Gasteiger partial charge in [0.1, 0.15) is 6.61 Å². The smallest absolute Gasteiger partial charge is 0.333 e. The Hall–Kier alpha value is -1.38. The normalized spacial score (nSPS) is 14.0. The van der Waals surface area contributed by atoms with Crippen LogP contribution in [0.25, 0.3) is 0 Å². The number of nitrogens with zero attached hydrogens (tertiary/aromatic N) is 1. The number of ether oxygens (including phenoxy) is 3. The topological polar surface area (TPSA) is 68.6 Å². The Balaban J connectivity index is 0.000000315. The lowest BCUT2D eigenvalue weighted by Crippen LogP contribution is -2.16. The standard InChI is InChI=1S/C7H9NO2.C4H8O2/c1-6(2)7(9)10-5-3-4-8;1-2-6-4-3-5-1/h1,3,5H2,2H3;1-4H2. The van der Waals surface area contributed by atoms with Crippen molar-refractivity contribution in [2.75, 3.05) is 33.0 Å². The van der Waals surface area contributed by atoms with Gasteiger partial charge in [0.05, 0.1) is 38.9 Å². The molecule has 90 valence electrons. The maximum atomic E-state index is 10.6. The Morgan fingerprint density at radius 1 is 1.38 bits per heavy atom. The van der Waals surface area contributed by atoms with Crippen LogP contribution in [0.5, 0.6) is 0 Å². The van der Waals surface area contributed by atoms with Crippen LogP contribution in [-0.2, 0) is 19.0 Å². The molecule has 0 saturated carbocycles. The third kappa shape index (κ3) is 9.19. The molecule has 0 aromatic heterocycles. The fraction of sp³-hybridized carbons (Fsp3) is 0.636. The minimum absolute atomic E-state index is 0.155. The van der Waals surface area contributed by atoms with E-state index in [1.54, 1.807) is 6.92 Å². The summed E-state index contributed by atoms with van der Waals surface area (Å²) in [5, 5.41) is 8.05. The van der Waals surface area contributed by atoms with Crippen molar-refractivity contribution in [2.45, 2.75) is 13.3 Å². The van der Waals surface area contributed by atoms with Gasteiger partial charge in [0.15, 0.2) is 0 Å². The molecule has 16 heavy (non-hydrogen) atoms. The average molecular weight is 227 g/mol. The first kappa shape index (κ1) is 14.6. The van der Waals surface area contributed by atoms with E-state index in [0.717, 1.165) is 26.4 Å². The molecule has 0 unspecified atom stereocenters. The Labute approximate surface area is 95.6 Å². The highest BCUT2D eigenvalue weighted by atomic mass is 16.6. The van der Waals surface area contributed by atoms with Crippen LogP contribution in [0.4, 0.5) is 0 Å². The third-order valence-electron chi connectivity index (χ3n) is 1.54. The molecule has 0 aliphatic carbocycles. The van der Waals surface area contributed by atoms with Crippen molar-refractivity contribution in [3.05, 3.63) is 12.2 Å². The molecule has 1 fully saturated rings. The van der Waals surface area contributed by atoms with Gasteiger partial charge in [0, 0.05) is 5.57 Å². The van der Waals surface area contributed by atoms with E-state index in [0.29, 0.717) is 5.57 Å². The molecule has 0 bridgehead atoms. The van der Waals surface area contributed by atoms with E-state index < -0.39 is 5.97 Å². The number of nitriles is 1. The first-order valence-electron chi connectivity index (χ1n) is 5.03. The monoisotopic (exact) mass is 227 g/mol. The van der Waals surface area contributed by atoms with Gasteiger partial charge in [-0.3, -0.25) is 0 Å². The van der Waals surface area contributed by atoms with Crippen molar-refractivity contribution >= 4 is 5.97 Å². The van der Waals surface area contributed by atoms with Crippen LogP contribution in [0, 0.1) is 11.3 Å². The average Bonchev–Trinajstić information content (AvgIpc) is 2.32. The van der Waals surface area contributed by atoms with Gasteiger partial charge in [-0.15, -0.1) is 0 Å². The summed E-state index contributed by atoms with van der Waals surface area (Å²) in [4.78, 5) is 10.6. The molecule has 0 spiro atoms. The van der Waals surface area contributed by atoms with Crippen LogP contribution in [0.2, 0.25) is 0 Å². The van der Waals surface area contributed by atoms with Gasteiger partial charge < -0.3 is 14.2 Å². The first-order valence-corrected chi connectivity index (χ1v) is 5.03. The molecular formula is C11H17NO4. The Morgan fingerprint density at radius 2 is 1.88 bits per heavy atom. The van der Waals surface area contributed by atoms with Crippen molar-refractivity contribution in [2.24, 2.45) is 0 Å². The zero-order valence-electron chi connectivity index (χ0n) is 9.53. The van der Waals surface area contributed by atoms with E-state index >= 15 is 0 Å². The van der Waals surface area contributed by atoms with Gasteiger partial charge in [-0.2, -0.15) is 5.26 Å². The minimum atomic E-state index is -0.435. The van der Waals surface area contributed by atoms with Crippen molar-refractivity contribution in [1.82, 2.24) is 0 Å². The molecule has 0 aromatic carbocycles. The van der Waals surface area contributed by atoms with Crippen LogP contribution >= 0.6 is 0 Å². The van der Waals surface area contributed by atoms with Gasteiger partial charge in [-0.25, -0.2) is 4.79 Å². The van der Waals surface area contributed by atoms with Gasteiger partial charge in [0.25, 0.3) is 0 Å². The predicted octanol–water partition coefficient (Wildman–Crippen LogP) is 1.05. The fourth-order valence-corrected chi connectivity index (χ4v) is 0.752. The number of rotatable bonds is 3. The predicted molar refractivity (Wildman–Crippen MR) is 57.6 cm³/mol. The molecule has 1 aliphatic rings. The highest BCUT2D eigenvalue weighted by Gasteiger charge is 2.00. The number of esters is 1. The minimum Gasteiger partial charge on any atom is -0.461 e. The summed E-state index contributed by atoms with van der Waals surface area (Å²) < 4.78 is 14.5. The first-order chi connectivity index (χ1) is 7.68. The van der Waals surface area contributed by atoms with Crippen LogP contribution in [-0.4, -0.2) is 39.0 Å². The van der Waals surface area contributed by atoms with E-state index in [4.69, 9.17) is 14.7 Å². The molecule has 0 N–H and O–H groups in total. The van der Waals surface area contributed by atoms with E-state index in [1.807, 2.05) is 6.07 Å². The summed E-state index contributed by atoms with van der Waals surface area (Å²) in [7, 11) is 0. The third-order valence-corrected chi connectivity index (χ3v) is 1.54. The molecule has 0 atom stereocenters. The molecule has 5 nitrogen and oxygen atoms in total. The summed E-state index contributed by atoms with van der Waals surface area (Å²) in [6.45, 7) is 8.21. The van der Waals surface area contributed by atoms with Crippen LogP contribution in [0.3, 0.4) is 0 Å².